The summed E-state index contributed by atoms with van der Waals surface area (Å²) < 4.78 is 31.7. The quantitative estimate of drug-likeness (QED) is 0.891. The minimum absolute atomic E-state index is 0.00101. The van der Waals surface area contributed by atoms with Crippen LogP contribution in [-0.4, -0.2) is 55.9 Å². The molecule has 2 saturated heterocycles. The molecule has 0 radical (unpaired) electrons. The Labute approximate surface area is 138 Å². The molecule has 0 bridgehead atoms. The molecule has 0 amide bonds. The van der Waals surface area contributed by atoms with Crippen LogP contribution in [0.3, 0.4) is 0 Å². The van der Waals surface area contributed by atoms with E-state index in [0.717, 1.165) is 51.0 Å². The predicted octanol–water partition coefficient (Wildman–Crippen LogP) is 1.14. The fraction of sp³-hybridized carbons (Fsp3) is 0.688. The minimum Gasteiger partial charge on any atom is -0.375 e. The van der Waals surface area contributed by atoms with Crippen LogP contribution in [0, 0.1) is 0 Å². The zero-order valence-electron chi connectivity index (χ0n) is 13.6. The molecule has 3 heterocycles. The number of nitrogens with zero attached hydrogens (tertiary/aromatic N) is 2. The van der Waals surface area contributed by atoms with Crippen molar-refractivity contribution in [2.75, 3.05) is 26.0 Å². The highest BCUT2D eigenvalue weighted by Crippen LogP contribution is 2.35. The summed E-state index contributed by atoms with van der Waals surface area (Å²) in [5, 5.41) is 0. The molecule has 0 saturated carbocycles. The third-order valence-electron chi connectivity index (χ3n) is 4.75. The van der Waals surface area contributed by atoms with Gasteiger partial charge in [0.05, 0.1) is 17.6 Å². The van der Waals surface area contributed by atoms with Crippen LogP contribution in [0.1, 0.15) is 31.4 Å². The van der Waals surface area contributed by atoms with Gasteiger partial charge in [-0.1, -0.05) is 6.07 Å². The topological polar surface area (TPSA) is 71.5 Å². The van der Waals surface area contributed by atoms with Crippen LogP contribution < -0.4 is 4.72 Å². The smallest absolute Gasteiger partial charge is 0.208 e. The Bertz CT molecular complexity index is 613. The third kappa shape index (κ3) is 4.73. The number of sulfonamides is 1. The van der Waals surface area contributed by atoms with E-state index in [4.69, 9.17) is 4.74 Å². The highest BCUT2D eigenvalue weighted by atomic mass is 32.2. The molecule has 2 aliphatic rings. The van der Waals surface area contributed by atoms with Gasteiger partial charge in [0.15, 0.2) is 0 Å². The average molecular weight is 339 g/mol. The summed E-state index contributed by atoms with van der Waals surface area (Å²) in [5.41, 5.74) is 0.922. The normalized spacial score (nSPS) is 25.5. The molecular formula is C16H25N3O3S. The van der Waals surface area contributed by atoms with E-state index in [1.165, 1.54) is 6.26 Å². The molecule has 6 nitrogen and oxygen atoms in total. The SMILES string of the molecule is CS(=O)(=O)NC1CCOC2(CCN(Cc3ccccn3)CC2)C1. The second-order valence-electron chi connectivity index (χ2n) is 6.71. The van der Waals surface area contributed by atoms with Crippen LogP contribution in [0.15, 0.2) is 24.4 Å². The Kier molecular flexibility index (Phi) is 5.01. The van der Waals surface area contributed by atoms with Crippen molar-refractivity contribution in [2.45, 2.75) is 43.9 Å². The molecule has 1 aromatic rings. The van der Waals surface area contributed by atoms with Crippen LogP contribution in [-0.2, 0) is 21.3 Å². The average Bonchev–Trinajstić information content (AvgIpc) is 2.50. The second-order valence-corrected chi connectivity index (χ2v) is 8.49. The van der Waals surface area contributed by atoms with Crippen LogP contribution in [0.25, 0.3) is 0 Å². The fourth-order valence-electron chi connectivity index (χ4n) is 3.62. The minimum atomic E-state index is -3.15. The van der Waals surface area contributed by atoms with Crippen molar-refractivity contribution in [2.24, 2.45) is 0 Å². The molecule has 1 aromatic heterocycles. The van der Waals surface area contributed by atoms with E-state index in [1.54, 1.807) is 0 Å². The predicted molar refractivity (Wildman–Crippen MR) is 88.4 cm³/mol. The van der Waals surface area contributed by atoms with Gasteiger partial charge in [-0.25, -0.2) is 13.1 Å². The summed E-state index contributed by atoms with van der Waals surface area (Å²) in [6.45, 7) is 3.42. The Hall–Kier alpha value is -1.02. The molecule has 1 spiro atoms. The summed E-state index contributed by atoms with van der Waals surface area (Å²) in [7, 11) is -3.15. The maximum atomic E-state index is 11.5. The number of likely N-dealkylation sites (tertiary alicyclic amines) is 1. The lowest BCUT2D eigenvalue weighted by Crippen LogP contribution is -2.53. The van der Waals surface area contributed by atoms with Gasteiger partial charge in [0.25, 0.3) is 0 Å². The van der Waals surface area contributed by atoms with Gasteiger partial charge in [0, 0.05) is 38.5 Å². The second kappa shape index (κ2) is 6.84. The molecule has 128 valence electrons. The largest absolute Gasteiger partial charge is 0.375 e. The van der Waals surface area contributed by atoms with Crippen molar-refractivity contribution < 1.29 is 13.2 Å². The zero-order valence-corrected chi connectivity index (χ0v) is 14.4. The lowest BCUT2D eigenvalue weighted by molar-refractivity contribution is -0.118. The first-order chi connectivity index (χ1) is 10.9. The monoisotopic (exact) mass is 339 g/mol. The Morgan fingerprint density at radius 3 is 2.83 bits per heavy atom. The molecule has 0 aromatic carbocycles. The van der Waals surface area contributed by atoms with Crippen LogP contribution in [0.5, 0.6) is 0 Å². The Morgan fingerprint density at radius 2 is 2.17 bits per heavy atom. The number of aromatic nitrogens is 1. The Balaban J connectivity index is 1.55. The molecule has 3 rings (SSSR count). The van der Waals surface area contributed by atoms with Gasteiger partial charge in [-0.2, -0.15) is 0 Å². The van der Waals surface area contributed by atoms with Gasteiger partial charge < -0.3 is 4.74 Å². The number of ether oxygens (including phenoxy) is 1. The first-order valence-corrected chi connectivity index (χ1v) is 10.1. The summed E-state index contributed by atoms with van der Waals surface area (Å²) in [4.78, 5) is 6.77. The van der Waals surface area contributed by atoms with Crippen molar-refractivity contribution in [3.63, 3.8) is 0 Å². The van der Waals surface area contributed by atoms with E-state index in [9.17, 15) is 8.42 Å². The number of piperidine rings is 1. The lowest BCUT2D eigenvalue weighted by Gasteiger charge is -2.46. The molecule has 1 unspecified atom stereocenters. The van der Waals surface area contributed by atoms with E-state index in [0.29, 0.717) is 6.61 Å². The van der Waals surface area contributed by atoms with Crippen molar-refractivity contribution in [1.29, 1.82) is 0 Å². The van der Waals surface area contributed by atoms with E-state index >= 15 is 0 Å². The standard InChI is InChI=1S/C16H25N3O3S/c1-23(20,21)18-14-5-11-22-16(12-14)6-9-19(10-7-16)13-15-4-2-3-8-17-15/h2-4,8,14,18H,5-7,9-13H2,1H3. The summed E-state index contributed by atoms with van der Waals surface area (Å²) in [6.07, 6.45) is 6.48. The fourth-order valence-corrected chi connectivity index (χ4v) is 4.43. The van der Waals surface area contributed by atoms with Crippen LogP contribution in [0.4, 0.5) is 0 Å². The molecular weight excluding hydrogens is 314 g/mol. The Morgan fingerprint density at radius 1 is 1.39 bits per heavy atom. The van der Waals surface area contributed by atoms with Crippen molar-refractivity contribution in [3.05, 3.63) is 30.1 Å². The summed E-state index contributed by atoms with van der Waals surface area (Å²) >= 11 is 0. The highest BCUT2D eigenvalue weighted by molar-refractivity contribution is 7.88. The molecule has 2 aliphatic heterocycles. The number of hydrogen-bond donors (Lipinski definition) is 1. The van der Waals surface area contributed by atoms with Gasteiger partial charge in [0.2, 0.25) is 10.0 Å². The van der Waals surface area contributed by atoms with E-state index in [-0.39, 0.29) is 11.6 Å². The van der Waals surface area contributed by atoms with E-state index < -0.39 is 10.0 Å². The van der Waals surface area contributed by atoms with Crippen LogP contribution in [0.2, 0.25) is 0 Å². The molecule has 2 fully saturated rings. The van der Waals surface area contributed by atoms with Gasteiger partial charge in [-0.05, 0) is 37.8 Å². The molecule has 1 N–H and O–H groups in total. The van der Waals surface area contributed by atoms with Gasteiger partial charge in [-0.3, -0.25) is 9.88 Å². The maximum Gasteiger partial charge on any atom is 0.208 e. The number of hydrogen-bond acceptors (Lipinski definition) is 5. The molecule has 0 aliphatic carbocycles. The van der Waals surface area contributed by atoms with Crippen molar-refractivity contribution in [1.82, 2.24) is 14.6 Å². The number of pyridine rings is 1. The molecule has 23 heavy (non-hydrogen) atoms. The first-order valence-electron chi connectivity index (χ1n) is 8.18. The zero-order chi connectivity index (χ0) is 16.3. The number of rotatable bonds is 4. The third-order valence-corrected chi connectivity index (χ3v) is 5.51. The maximum absolute atomic E-state index is 11.5. The van der Waals surface area contributed by atoms with E-state index in [1.807, 2.05) is 24.4 Å². The van der Waals surface area contributed by atoms with Crippen molar-refractivity contribution >= 4 is 10.0 Å². The first kappa shape index (κ1) is 16.8. The van der Waals surface area contributed by atoms with Gasteiger partial charge in [0.1, 0.15) is 0 Å². The summed E-state index contributed by atoms with van der Waals surface area (Å²) in [5.74, 6) is 0. The number of nitrogens with one attached hydrogen (secondary N) is 1. The highest BCUT2D eigenvalue weighted by Gasteiger charge is 2.40. The van der Waals surface area contributed by atoms with E-state index in [2.05, 4.69) is 14.6 Å². The van der Waals surface area contributed by atoms with Crippen molar-refractivity contribution in [3.8, 4) is 0 Å². The van der Waals surface area contributed by atoms with Crippen LogP contribution >= 0.6 is 0 Å². The molecule has 1 atom stereocenters. The lowest BCUT2D eigenvalue weighted by atomic mass is 9.82. The van der Waals surface area contributed by atoms with Gasteiger partial charge >= 0.3 is 0 Å². The summed E-state index contributed by atoms with van der Waals surface area (Å²) in [6, 6.07) is 5.99. The van der Waals surface area contributed by atoms with Gasteiger partial charge in [-0.15, -0.1) is 0 Å². The molecule has 7 heteroatoms.